The molecule has 11 heteroatoms. The Labute approximate surface area is 106 Å². The van der Waals surface area contributed by atoms with Crippen LogP contribution in [0.25, 0.3) is 0 Å². The Morgan fingerprint density at radius 3 is 2.41 bits per heavy atom. The third-order valence-corrected chi connectivity index (χ3v) is 3.83. The van der Waals surface area contributed by atoms with Crippen molar-refractivity contribution >= 4 is 41.5 Å². The van der Waals surface area contributed by atoms with Gasteiger partial charge in [-0.15, -0.1) is 0 Å². The molecule has 0 fully saturated rings. The van der Waals surface area contributed by atoms with Crippen LogP contribution in [0.3, 0.4) is 0 Å². The summed E-state index contributed by atoms with van der Waals surface area (Å²) >= 11 is 2.61. The molecule has 0 atom stereocenters. The first kappa shape index (κ1) is 14.2. The van der Waals surface area contributed by atoms with Gasteiger partial charge < -0.3 is 10.1 Å². The zero-order valence-electron chi connectivity index (χ0n) is 7.60. The monoisotopic (exact) mass is 350 g/mol. The van der Waals surface area contributed by atoms with Crippen LogP contribution < -0.4 is 0 Å². The molecule has 1 aromatic heterocycles. The van der Waals surface area contributed by atoms with Gasteiger partial charge in [-0.25, -0.2) is 17.2 Å². The lowest BCUT2D eigenvalue weighted by Crippen LogP contribution is -2.04. The van der Waals surface area contributed by atoms with Crippen molar-refractivity contribution in [2.24, 2.45) is 0 Å². The molecule has 1 heterocycles. The highest BCUT2D eigenvalue weighted by molar-refractivity contribution is 9.10. The van der Waals surface area contributed by atoms with Gasteiger partial charge in [0.25, 0.3) is 15.5 Å². The molecule has 0 N–H and O–H groups in total. The minimum Gasteiger partial charge on any atom is -0.358 e. The first-order valence-electron chi connectivity index (χ1n) is 3.72. The van der Waals surface area contributed by atoms with Crippen LogP contribution in [0, 0.1) is 10.1 Å². The van der Waals surface area contributed by atoms with Gasteiger partial charge in [0, 0.05) is 26.6 Å². The second-order valence-corrected chi connectivity index (χ2v) is 5.97. The molecule has 0 aliphatic carbocycles. The maximum absolute atomic E-state index is 12.5. The molecule has 17 heavy (non-hydrogen) atoms. The van der Waals surface area contributed by atoms with Gasteiger partial charge in [-0.1, -0.05) is 0 Å². The summed E-state index contributed by atoms with van der Waals surface area (Å²) in [5, 5.41) is 10.4. The molecule has 0 amide bonds. The fourth-order valence-corrected chi connectivity index (χ4v) is 3.02. The summed E-state index contributed by atoms with van der Waals surface area (Å²) in [5.41, 5.74) is -1.11. The normalized spacial score (nSPS) is 11.8. The SMILES string of the molecule is O=[N+]([O-])c1nc(Br)c(S(=O)(=O)Cl)cc1C(F)F. The number of nitrogens with zero attached hydrogens (tertiary/aromatic N) is 2. The molecular formula is C6H2BrClF2N2O4S. The summed E-state index contributed by atoms with van der Waals surface area (Å²) < 4.78 is 46.5. The fraction of sp³-hybridized carbons (Fsp3) is 0.167. The lowest BCUT2D eigenvalue weighted by molar-refractivity contribution is -0.391. The van der Waals surface area contributed by atoms with Crippen LogP contribution in [0.15, 0.2) is 15.6 Å². The predicted octanol–water partition coefficient (Wildman–Crippen LogP) is 2.62. The summed E-state index contributed by atoms with van der Waals surface area (Å²) in [6.07, 6.45) is -3.24. The van der Waals surface area contributed by atoms with E-state index in [-0.39, 0.29) is 0 Å². The highest BCUT2D eigenvalue weighted by atomic mass is 79.9. The summed E-state index contributed by atoms with van der Waals surface area (Å²) in [6.45, 7) is 0. The lowest BCUT2D eigenvalue weighted by Gasteiger charge is -2.03. The first-order chi connectivity index (χ1) is 7.64. The Morgan fingerprint density at radius 2 is 2.06 bits per heavy atom. The smallest absolute Gasteiger partial charge is 0.358 e. The van der Waals surface area contributed by atoms with Crippen LogP contribution in [0.5, 0.6) is 0 Å². The highest BCUT2D eigenvalue weighted by Gasteiger charge is 2.30. The standard InChI is InChI=1S/C6H2BrClF2N2O4S/c7-4-3(17(8,15)16)1-2(5(9)10)6(11-4)12(13)14/h1,5H. The summed E-state index contributed by atoms with van der Waals surface area (Å²) in [6, 6.07) is 0.419. The number of hydrogen-bond donors (Lipinski definition) is 0. The van der Waals surface area contributed by atoms with Crippen LogP contribution in [-0.2, 0) is 9.05 Å². The minimum absolute atomic E-state index is 0.419. The molecule has 0 aromatic carbocycles. The van der Waals surface area contributed by atoms with Crippen molar-refractivity contribution in [2.75, 3.05) is 0 Å². The van der Waals surface area contributed by atoms with E-state index in [1.165, 1.54) is 0 Å². The first-order valence-corrected chi connectivity index (χ1v) is 6.82. The summed E-state index contributed by atoms with van der Waals surface area (Å²) in [4.78, 5) is 11.7. The van der Waals surface area contributed by atoms with Crippen LogP contribution in [0.4, 0.5) is 14.6 Å². The molecule has 0 saturated heterocycles. The molecule has 0 bridgehead atoms. The fourth-order valence-electron chi connectivity index (χ4n) is 0.956. The van der Waals surface area contributed by atoms with Gasteiger partial charge in [0.2, 0.25) is 4.60 Å². The third kappa shape index (κ3) is 3.07. The maximum atomic E-state index is 12.5. The molecule has 6 nitrogen and oxygen atoms in total. The van der Waals surface area contributed by atoms with Crippen molar-refractivity contribution in [1.82, 2.24) is 4.98 Å². The number of rotatable bonds is 3. The topological polar surface area (TPSA) is 90.2 Å². The number of aromatic nitrogens is 1. The number of pyridine rings is 1. The van der Waals surface area contributed by atoms with Crippen molar-refractivity contribution in [3.63, 3.8) is 0 Å². The van der Waals surface area contributed by atoms with E-state index in [9.17, 15) is 27.3 Å². The van der Waals surface area contributed by atoms with Gasteiger partial charge in [0.1, 0.15) is 10.5 Å². The second kappa shape index (κ2) is 4.78. The van der Waals surface area contributed by atoms with E-state index in [1.807, 2.05) is 0 Å². The highest BCUT2D eigenvalue weighted by Crippen LogP contribution is 2.34. The van der Waals surface area contributed by atoms with Gasteiger partial charge in [-0.05, 0) is 16.0 Å². The van der Waals surface area contributed by atoms with E-state index in [4.69, 9.17) is 10.7 Å². The number of halogens is 4. The predicted molar refractivity (Wildman–Crippen MR) is 56.6 cm³/mol. The molecule has 1 rings (SSSR count). The zero-order valence-corrected chi connectivity index (χ0v) is 10.8. The van der Waals surface area contributed by atoms with Crippen LogP contribution in [0.2, 0.25) is 0 Å². The largest absolute Gasteiger partial charge is 0.373 e. The van der Waals surface area contributed by atoms with Crippen LogP contribution >= 0.6 is 26.6 Å². The van der Waals surface area contributed by atoms with E-state index < -0.39 is 41.3 Å². The maximum Gasteiger partial charge on any atom is 0.373 e. The van der Waals surface area contributed by atoms with E-state index >= 15 is 0 Å². The van der Waals surface area contributed by atoms with Gasteiger partial charge in [0.05, 0.1) is 0 Å². The van der Waals surface area contributed by atoms with E-state index in [2.05, 4.69) is 20.9 Å². The summed E-state index contributed by atoms with van der Waals surface area (Å²) in [7, 11) is 0.635. The second-order valence-electron chi connectivity index (χ2n) is 2.69. The van der Waals surface area contributed by atoms with E-state index in [0.29, 0.717) is 6.07 Å². The Balaban J connectivity index is 3.63. The van der Waals surface area contributed by atoms with Gasteiger partial charge in [-0.3, -0.25) is 0 Å². The molecule has 1 aromatic rings. The average molecular weight is 352 g/mol. The minimum atomic E-state index is -4.33. The van der Waals surface area contributed by atoms with Crippen molar-refractivity contribution in [2.45, 2.75) is 11.3 Å². The average Bonchev–Trinajstić information content (AvgIpc) is 2.14. The number of nitro groups is 1. The van der Waals surface area contributed by atoms with Crippen molar-refractivity contribution in [1.29, 1.82) is 0 Å². The van der Waals surface area contributed by atoms with Crippen LogP contribution in [-0.4, -0.2) is 18.3 Å². The Kier molecular flexibility index (Phi) is 3.99. The molecule has 0 aliphatic rings. The molecule has 94 valence electrons. The van der Waals surface area contributed by atoms with Crippen LogP contribution in [0.1, 0.15) is 12.0 Å². The van der Waals surface area contributed by atoms with Crippen molar-refractivity contribution in [3.8, 4) is 0 Å². The molecular weight excluding hydrogens is 349 g/mol. The molecule has 0 radical (unpaired) electrons. The molecule has 0 saturated carbocycles. The molecule has 0 unspecified atom stereocenters. The van der Waals surface area contributed by atoms with Gasteiger partial charge >= 0.3 is 5.82 Å². The van der Waals surface area contributed by atoms with Gasteiger partial charge in [-0.2, -0.15) is 0 Å². The molecule has 0 spiro atoms. The van der Waals surface area contributed by atoms with Crippen molar-refractivity contribution in [3.05, 3.63) is 26.3 Å². The number of hydrogen-bond acceptors (Lipinski definition) is 5. The van der Waals surface area contributed by atoms with Crippen molar-refractivity contribution < 1.29 is 22.1 Å². The van der Waals surface area contributed by atoms with Gasteiger partial charge in [0.15, 0.2) is 0 Å². The molecule has 0 aliphatic heterocycles. The number of alkyl halides is 2. The van der Waals surface area contributed by atoms with E-state index in [0.717, 1.165) is 0 Å². The summed E-state index contributed by atoms with van der Waals surface area (Å²) in [5.74, 6) is -1.13. The zero-order chi connectivity index (χ0) is 13.4. The lowest BCUT2D eigenvalue weighted by atomic mass is 10.2. The quantitative estimate of drug-likeness (QED) is 0.361. The Bertz CT molecular complexity index is 580. The Hall–Kier alpha value is -0.870. The van der Waals surface area contributed by atoms with E-state index in [1.54, 1.807) is 0 Å². The third-order valence-electron chi connectivity index (χ3n) is 1.62. The Morgan fingerprint density at radius 1 is 1.53 bits per heavy atom.